The molecule has 0 unspecified atom stereocenters. The zero-order chi connectivity index (χ0) is 18.7. The van der Waals surface area contributed by atoms with Gasteiger partial charge in [-0.15, -0.1) is 0 Å². The molecule has 1 aromatic carbocycles. The number of rotatable bonds is 4. The second kappa shape index (κ2) is 8.02. The Kier molecular flexibility index (Phi) is 5.94. The monoisotopic (exact) mass is 383 g/mol. The Hall–Kier alpha value is -1.51. The van der Waals surface area contributed by atoms with Gasteiger partial charge >= 0.3 is 0 Å². The van der Waals surface area contributed by atoms with E-state index in [1.807, 2.05) is 0 Å². The van der Waals surface area contributed by atoms with Crippen molar-refractivity contribution in [1.29, 1.82) is 0 Å². The van der Waals surface area contributed by atoms with E-state index in [1.165, 1.54) is 22.5 Å². The van der Waals surface area contributed by atoms with E-state index < -0.39 is 15.8 Å². The number of sulfonamides is 1. The molecule has 2 aliphatic heterocycles. The summed E-state index contributed by atoms with van der Waals surface area (Å²) in [7, 11) is -1.78. The minimum atomic E-state index is -3.85. The second-order valence-corrected chi connectivity index (χ2v) is 9.10. The molecule has 0 spiro atoms. The van der Waals surface area contributed by atoms with Crippen molar-refractivity contribution in [1.82, 2.24) is 14.5 Å². The molecule has 0 aliphatic carbocycles. The Balaban J connectivity index is 1.55. The molecule has 1 amide bonds. The predicted octanol–water partition coefficient (Wildman–Crippen LogP) is 1.44. The van der Waals surface area contributed by atoms with Crippen molar-refractivity contribution >= 4 is 15.9 Å². The molecule has 0 saturated carbocycles. The molecule has 8 heteroatoms. The predicted molar refractivity (Wildman–Crippen MR) is 96.5 cm³/mol. The minimum absolute atomic E-state index is 0.0162. The highest BCUT2D eigenvalue weighted by molar-refractivity contribution is 7.89. The number of halogens is 1. The van der Waals surface area contributed by atoms with Crippen LogP contribution in [-0.4, -0.2) is 62.8 Å². The summed E-state index contributed by atoms with van der Waals surface area (Å²) in [4.78, 5) is 14.4. The van der Waals surface area contributed by atoms with Crippen LogP contribution in [0.2, 0.25) is 0 Å². The van der Waals surface area contributed by atoms with Gasteiger partial charge in [0.05, 0.1) is 0 Å². The maximum Gasteiger partial charge on any atom is 0.245 e. The van der Waals surface area contributed by atoms with Crippen molar-refractivity contribution in [2.45, 2.75) is 36.6 Å². The number of carbonyl (C=O) groups excluding carboxylic acids is 1. The van der Waals surface area contributed by atoms with Crippen LogP contribution in [0.5, 0.6) is 0 Å². The van der Waals surface area contributed by atoms with Gasteiger partial charge in [-0.05, 0) is 58.0 Å². The molecule has 26 heavy (non-hydrogen) atoms. The van der Waals surface area contributed by atoms with Crippen LogP contribution in [0, 0.1) is 11.7 Å². The normalized spacial score (nSPS) is 21.6. The van der Waals surface area contributed by atoms with Gasteiger partial charge in [0.15, 0.2) is 0 Å². The van der Waals surface area contributed by atoms with Crippen molar-refractivity contribution in [3.63, 3.8) is 0 Å². The smallest absolute Gasteiger partial charge is 0.245 e. The van der Waals surface area contributed by atoms with Crippen LogP contribution in [0.3, 0.4) is 0 Å². The molecule has 3 rings (SSSR count). The van der Waals surface area contributed by atoms with E-state index in [-0.39, 0.29) is 35.9 Å². The third-order valence-corrected chi connectivity index (χ3v) is 7.28. The molecule has 0 radical (unpaired) electrons. The van der Waals surface area contributed by atoms with Gasteiger partial charge in [-0.1, -0.05) is 12.1 Å². The molecular formula is C18H26FN3O3S. The van der Waals surface area contributed by atoms with Gasteiger partial charge in [-0.3, -0.25) is 4.79 Å². The number of amides is 1. The summed E-state index contributed by atoms with van der Waals surface area (Å²) in [5.41, 5.74) is 0. The zero-order valence-electron chi connectivity index (χ0n) is 15.0. The zero-order valence-corrected chi connectivity index (χ0v) is 15.8. The summed E-state index contributed by atoms with van der Waals surface area (Å²) in [6.45, 7) is 2.43. The first-order valence-electron chi connectivity index (χ1n) is 9.11. The maximum atomic E-state index is 13.9. The fourth-order valence-corrected chi connectivity index (χ4v) is 5.16. The number of benzene rings is 1. The second-order valence-electron chi connectivity index (χ2n) is 7.19. The number of nitrogens with one attached hydrogen (secondary N) is 1. The van der Waals surface area contributed by atoms with E-state index in [9.17, 15) is 17.6 Å². The lowest BCUT2D eigenvalue weighted by atomic mass is 9.96. The maximum absolute atomic E-state index is 13.9. The number of hydrogen-bond acceptors (Lipinski definition) is 4. The van der Waals surface area contributed by atoms with Gasteiger partial charge in [0.1, 0.15) is 10.7 Å². The molecular weight excluding hydrogens is 357 g/mol. The third-order valence-electron chi connectivity index (χ3n) is 5.34. The number of nitrogens with zero attached hydrogens (tertiary/aromatic N) is 2. The lowest BCUT2D eigenvalue weighted by molar-refractivity contribution is -0.127. The highest BCUT2D eigenvalue weighted by Gasteiger charge is 2.34. The van der Waals surface area contributed by atoms with E-state index in [0.717, 1.165) is 32.0 Å². The van der Waals surface area contributed by atoms with E-state index in [1.54, 1.807) is 0 Å². The molecule has 0 aromatic heterocycles. The summed E-state index contributed by atoms with van der Waals surface area (Å²) in [5.74, 6) is -0.904. The van der Waals surface area contributed by atoms with Crippen molar-refractivity contribution in [3.05, 3.63) is 30.1 Å². The van der Waals surface area contributed by atoms with Gasteiger partial charge in [0.25, 0.3) is 0 Å². The van der Waals surface area contributed by atoms with Crippen molar-refractivity contribution in [2.75, 3.05) is 33.2 Å². The first kappa shape index (κ1) is 19.3. The quantitative estimate of drug-likeness (QED) is 0.854. The van der Waals surface area contributed by atoms with Gasteiger partial charge < -0.3 is 10.2 Å². The summed E-state index contributed by atoms with van der Waals surface area (Å²) < 4.78 is 40.4. The van der Waals surface area contributed by atoms with Crippen LogP contribution in [0.4, 0.5) is 4.39 Å². The minimum Gasteiger partial charge on any atom is -0.353 e. The Bertz CT molecular complexity index is 740. The van der Waals surface area contributed by atoms with E-state index >= 15 is 0 Å². The Labute approximate surface area is 154 Å². The van der Waals surface area contributed by atoms with Crippen molar-refractivity contribution in [3.8, 4) is 0 Å². The summed E-state index contributed by atoms with van der Waals surface area (Å²) >= 11 is 0. The lowest BCUT2D eigenvalue weighted by Crippen LogP contribution is -2.48. The number of hydrogen-bond donors (Lipinski definition) is 1. The lowest BCUT2D eigenvalue weighted by Gasteiger charge is -2.33. The fourth-order valence-electron chi connectivity index (χ4n) is 3.62. The molecule has 2 saturated heterocycles. The molecule has 2 heterocycles. The van der Waals surface area contributed by atoms with Gasteiger partial charge in [0.2, 0.25) is 15.9 Å². The van der Waals surface area contributed by atoms with Crippen molar-refractivity contribution < 1.29 is 17.6 Å². The average molecular weight is 383 g/mol. The summed E-state index contributed by atoms with van der Waals surface area (Å²) in [6.07, 6.45) is 2.82. The Morgan fingerprint density at radius 3 is 2.31 bits per heavy atom. The Morgan fingerprint density at radius 2 is 1.69 bits per heavy atom. The van der Waals surface area contributed by atoms with Crippen LogP contribution >= 0.6 is 0 Å². The van der Waals surface area contributed by atoms with E-state index in [2.05, 4.69) is 17.3 Å². The number of likely N-dealkylation sites (tertiary alicyclic amines) is 1. The van der Waals surface area contributed by atoms with Gasteiger partial charge in [-0.2, -0.15) is 4.31 Å². The third kappa shape index (κ3) is 4.24. The fraction of sp³-hybridized carbons (Fsp3) is 0.611. The van der Waals surface area contributed by atoms with Crippen LogP contribution in [-0.2, 0) is 14.8 Å². The number of piperidine rings is 2. The molecule has 0 bridgehead atoms. The highest BCUT2D eigenvalue weighted by atomic mass is 32.2. The standard InChI is InChI=1S/C18H26FN3O3S/c1-21-10-8-15(9-11-21)20-18(23)14-6-12-22(13-7-14)26(24,25)17-5-3-2-4-16(17)19/h2-5,14-15H,6-13H2,1H3,(H,20,23). The summed E-state index contributed by atoms with van der Waals surface area (Å²) in [6, 6.07) is 5.61. The SMILES string of the molecule is CN1CCC(NC(=O)C2CCN(S(=O)(=O)c3ccccc3F)CC2)CC1. The van der Waals surface area contributed by atoms with Gasteiger partial charge in [-0.25, -0.2) is 12.8 Å². The van der Waals surface area contributed by atoms with Crippen molar-refractivity contribution in [2.24, 2.45) is 5.92 Å². The van der Waals surface area contributed by atoms with Crippen LogP contribution in [0.25, 0.3) is 0 Å². The highest BCUT2D eigenvalue weighted by Crippen LogP contribution is 2.25. The molecule has 0 atom stereocenters. The molecule has 6 nitrogen and oxygen atoms in total. The Morgan fingerprint density at radius 1 is 1.08 bits per heavy atom. The van der Waals surface area contributed by atoms with Crippen LogP contribution in [0.1, 0.15) is 25.7 Å². The first-order valence-corrected chi connectivity index (χ1v) is 10.6. The number of carbonyl (C=O) groups is 1. The summed E-state index contributed by atoms with van der Waals surface area (Å²) in [5, 5.41) is 3.11. The molecule has 2 fully saturated rings. The van der Waals surface area contributed by atoms with E-state index in [0.29, 0.717) is 12.8 Å². The first-order chi connectivity index (χ1) is 12.4. The van der Waals surface area contributed by atoms with E-state index in [4.69, 9.17) is 0 Å². The molecule has 1 aromatic rings. The largest absolute Gasteiger partial charge is 0.353 e. The average Bonchev–Trinajstić information content (AvgIpc) is 2.64. The van der Waals surface area contributed by atoms with Crippen LogP contribution < -0.4 is 5.32 Å². The topological polar surface area (TPSA) is 69.7 Å². The van der Waals surface area contributed by atoms with Crippen LogP contribution in [0.15, 0.2) is 29.2 Å². The van der Waals surface area contributed by atoms with Gasteiger partial charge in [0, 0.05) is 25.0 Å². The molecule has 1 N–H and O–H groups in total. The molecule has 144 valence electrons. The molecule has 2 aliphatic rings.